The lowest BCUT2D eigenvalue weighted by atomic mass is 10.0. The van der Waals surface area contributed by atoms with Gasteiger partial charge in [-0.1, -0.05) is 12.1 Å². The maximum Gasteiger partial charge on any atom is 0.317 e. The molecule has 2 fully saturated rings. The Bertz CT molecular complexity index is 661. The fraction of sp³-hybridized carbons (Fsp3) is 0.579. The van der Waals surface area contributed by atoms with Crippen molar-refractivity contribution >= 4 is 11.9 Å². The monoisotopic (exact) mass is 363 g/mol. The van der Waals surface area contributed by atoms with Gasteiger partial charge in [0, 0.05) is 25.7 Å². The molecule has 0 bridgehead atoms. The zero-order valence-electron chi connectivity index (χ0n) is 15.0. The highest BCUT2D eigenvalue weighted by Gasteiger charge is 2.32. The number of rotatable bonds is 2. The SMILES string of the molecule is CC1C(O)CCCN1C(=O)NC1CCN(C(=O)c2ccccc2F)CC1. The van der Waals surface area contributed by atoms with Gasteiger partial charge in [-0.15, -0.1) is 0 Å². The summed E-state index contributed by atoms with van der Waals surface area (Å²) < 4.78 is 13.8. The molecule has 142 valence electrons. The van der Waals surface area contributed by atoms with Gasteiger partial charge < -0.3 is 20.2 Å². The van der Waals surface area contributed by atoms with Crippen LogP contribution in [-0.4, -0.2) is 64.7 Å². The minimum absolute atomic E-state index is 0.0153. The van der Waals surface area contributed by atoms with Crippen LogP contribution < -0.4 is 5.32 Å². The molecule has 2 saturated heterocycles. The number of nitrogens with zero attached hydrogens (tertiary/aromatic N) is 2. The zero-order chi connectivity index (χ0) is 18.7. The summed E-state index contributed by atoms with van der Waals surface area (Å²) in [6.45, 7) is 3.47. The maximum atomic E-state index is 13.8. The lowest BCUT2D eigenvalue weighted by molar-refractivity contribution is 0.0373. The lowest BCUT2D eigenvalue weighted by Gasteiger charge is -2.39. The van der Waals surface area contributed by atoms with E-state index in [1.54, 1.807) is 21.9 Å². The Morgan fingerprint density at radius 3 is 2.54 bits per heavy atom. The van der Waals surface area contributed by atoms with Crippen LogP contribution >= 0.6 is 0 Å². The highest BCUT2D eigenvalue weighted by Crippen LogP contribution is 2.19. The number of halogens is 1. The Kier molecular flexibility index (Phi) is 5.76. The smallest absolute Gasteiger partial charge is 0.317 e. The molecule has 2 atom stereocenters. The molecule has 2 N–H and O–H groups in total. The fourth-order valence-electron chi connectivity index (χ4n) is 3.70. The van der Waals surface area contributed by atoms with Gasteiger partial charge in [0.1, 0.15) is 5.82 Å². The molecule has 6 nitrogen and oxygen atoms in total. The van der Waals surface area contributed by atoms with E-state index in [1.165, 1.54) is 12.1 Å². The second-order valence-corrected chi connectivity index (χ2v) is 7.14. The number of carbonyl (C=O) groups excluding carboxylic acids is 2. The molecule has 0 aliphatic carbocycles. The van der Waals surface area contributed by atoms with Crippen molar-refractivity contribution in [3.8, 4) is 0 Å². The third kappa shape index (κ3) is 3.98. The van der Waals surface area contributed by atoms with Gasteiger partial charge in [0.05, 0.1) is 17.7 Å². The van der Waals surface area contributed by atoms with Crippen LogP contribution in [0.4, 0.5) is 9.18 Å². The average molecular weight is 363 g/mol. The van der Waals surface area contributed by atoms with Crippen molar-refractivity contribution in [3.63, 3.8) is 0 Å². The Balaban J connectivity index is 1.51. The fourth-order valence-corrected chi connectivity index (χ4v) is 3.70. The van der Waals surface area contributed by atoms with Gasteiger partial charge in [0.15, 0.2) is 0 Å². The van der Waals surface area contributed by atoms with Crippen molar-refractivity contribution in [2.75, 3.05) is 19.6 Å². The summed E-state index contributed by atoms with van der Waals surface area (Å²) in [5, 5.41) is 12.9. The summed E-state index contributed by atoms with van der Waals surface area (Å²) in [5.74, 6) is -0.814. The number of benzene rings is 1. The van der Waals surface area contributed by atoms with Crippen molar-refractivity contribution in [1.82, 2.24) is 15.1 Å². The third-order valence-electron chi connectivity index (χ3n) is 5.42. The molecule has 0 aromatic heterocycles. The van der Waals surface area contributed by atoms with Crippen molar-refractivity contribution in [3.05, 3.63) is 35.6 Å². The number of nitrogens with one attached hydrogen (secondary N) is 1. The molecule has 0 radical (unpaired) electrons. The number of urea groups is 1. The number of likely N-dealkylation sites (tertiary alicyclic amines) is 2. The summed E-state index contributed by atoms with van der Waals surface area (Å²) in [6.07, 6.45) is 2.32. The van der Waals surface area contributed by atoms with E-state index in [-0.39, 0.29) is 29.6 Å². The van der Waals surface area contributed by atoms with Gasteiger partial charge in [-0.25, -0.2) is 9.18 Å². The van der Waals surface area contributed by atoms with Gasteiger partial charge in [-0.05, 0) is 44.7 Å². The second-order valence-electron chi connectivity index (χ2n) is 7.14. The third-order valence-corrected chi connectivity index (χ3v) is 5.42. The van der Waals surface area contributed by atoms with E-state index in [4.69, 9.17) is 0 Å². The number of piperidine rings is 2. The van der Waals surface area contributed by atoms with E-state index in [9.17, 15) is 19.1 Å². The van der Waals surface area contributed by atoms with Crippen molar-refractivity contribution in [2.24, 2.45) is 0 Å². The Hall–Kier alpha value is -2.15. The minimum atomic E-state index is -0.509. The number of aliphatic hydroxyl groups is 1. The Morgan fingerprint density at radius 1 is 1.15 bits per heavy atom. The molecule has 2 unspecified atom stereocenters. The number of hydrogen-bond donors (Lipinski definition) is 2. The van der Waals surface area contributed by atoms with Gasteiger partial charge in [0.2, 0.25) is 0 Å². The summed E-state index contributed by atoms with van der Waals surface area (Å²) in [4.78, 5) is 28.2. The van der Waals surface area contributed by atoms with E-state index in [0.717, 1.165) is 12.8 Å². The highest BCUT2D eigenvalue weighted by atomic mass is 19.1. The van der Waals surface area contributed by atoms with Gasteiger partial charge in [0.25, 0.3) is 5.91 Å². The van der Waals surface area contributed by atoms with Gasteiger partial charge in [-0.2, -0.15) is 0 Å². The molecule has 1 aromatic rings. The summed E-state index contributed by atoms with van der Waals surface area (Å²) in [7, 11) is 0. The molecule has 2 aliphatic rings. The number of carbonyl (C=O) groups is 2. The van der Waals surface area contributed by atoms with Crippen LogP contribution in [0.1, 0.15) is 43.0 Å². The van der Waals surface area contributed by atoms with E-state index >= 15 is 0 Å². The van der Waals surface area contributed by atoms with Crippen molar-refractivity contribution in [1.29, 1.82) is 0 Å². The number of aliphatic hydroxyl groups excluding tert-OH is 1. The molecule has 0 spiro atoms. The molecule has 3 rings (SSSR count). The van der Waals surface area contributed by atoms with Crippen LogP contribution in [0.15, 0.2) is 24.3 Å². The van der Waals surface area contributed by atoms with E-state index < -0.39 is 11.9 Å². The zero-order valence-corrected chi connectivity index (χ0v) is 15.0. The van der Waals surface area contributed by atoms with Crippen LogP contribution in [0.3, 0.4) is 0 Å². The van der Waals surface area contributed by atoms with Crippen LogP contribution in [0.25, 0.3) is 0 Å². The highest BCUT2D eigenvalue weighted by molar-refractivity contribution is 5.94. The molecule has 7 heteroatoms. The van der Waals surface area contributed by atoms with Crippen LogP contribution in [0.2, 0.25) is 0 Å². The quantitative estimate of drug-likeness (QED) is 0.844. The first-order valence-electron chi connectivity index (χ1n) is 9.26. The van der Waals surface area contributed by atoms with E-state index in [2.05, 4.69) is 5.32 Å². The normalized spacial score (nSPS) is 24.4. The summed E-state index contributed by atoms with van der Waals surface area (Å²) >= 11 is 0. The summed E-state index contributed by atoms with van der Waals surface area (Å²) in [6, 6.07) is 5.63. The van der Waals surface area contributed by atoms with Crippen molar-refractivity contribution < 1.29 is 19.1 Å². The molecule has 2 heterocycles. The first-order valence-corrected chi connectivity index (χ1v) is 9.26. The number of amides is 3. The summed E-state index contributed by atoms with van der Waals surface area (Å²) in [5.41, 5.74) is 0.0890. The van der Waals surface area contributed by atoms with Gasteiger partial charge in [-0.3, -0.25) is 4.79 Å². The molecule has 3 amide bonds. The predicted octanol–water partition coefficient (Wildman–Crippen LogP) is 1.99. The van der Waals surface area contributed by atoms with Gasteiger partial charge >= 0.3 is 6.03 Å². The van der Waals surface area contributed by atoms with Crippen LogP contribution in [0, 0.1) is 5.82 Å². The van der Waals surface area contributed by atoms with E-state index in [0.29, 0.717) is 32.5 Å². The standard InChI is InChI=1S/C19H26FN3O3/c1-13-17(24)7-4-10-23(13)19(26)21-14-8-11-22(12-9-14)18(25)15-5-2-3-6-16(15)20/h2-3,5-6,13-14,17,24H,4,7-12H2,1H3,(H,21,26). The average Bonchev–Trinajstić information content (AvgIpc) is 2.64. The topological polar surface area (TPSA) is 72.9 Å². The molecule has 0 saturated carbocycles. The lowest BCUT2D eigenvalue weighted by Crippen LogP contribution is -2.56. The van der Waals surface area contributed by atoms with Crippen LogP contribution in [-0.2, 0) is 0 Å². The maximum absolute atomic E-state index is 13.8. The Labute approximate surface area is 153 Å². The predicted molar refractivity (Wildman–Crippen MR) is 95.3 cm³/mol. The second kappa shape index (κ2) is 8.03. The van der Waals surface area contributed by atoms with Crippen LogP contribution in [0.5, 0.6) is 0 Å². The molecule has 26 heavy (non-hydrogen) atoms. The number of hydrogen-bond acceptors (Lipinski definition) is 3. The largest absolute Gasteiger partial charge is 0.391 e. The minimum Gasteiger partial charge on any atom is -0.391 e. The van der Waals surface area contributed by atoms with E-state index in [1.807, 2.05) is 6.92 Å². The first kappa shape index (κ1) is 18.6. The molecular formula is C19H26FN3O3. The molecular weight excluding hydrogens is 337 g/mol. The van der Waals surface area contributed by atoms with Crippen molar-refractivity contribution in [2.45, 2.75) is 50.8 Å². The molecule has 1 aromatic carbocycles. The Morgan fingerprint density at radius 2 is 1.85 bits per heavy atom. The first-order chi connectivity index (χ1) is 12.5. The molecule has 2 aliphatic heterocycles.